The van der Waals surface area contributed by atoms with Crippen molar-refractivity contribution in [3.8, 4) is 0 Å². The number of rotatable bonds is 1. The summed E-state index contributed by atoms with van der Waals surface area (Å²) in [5.74, 6) is 0.458. The van der Waals surface area contributed by atoms with Crippen LogP contribution in [0.5, 0.6) is 0 Å². The molecule has 0 N–H and O–H groups in total. The van der Waals surface area contributed by atoms with Gasteiger partial charge in [0.2, 0.25) is 0 Å². The van der Waals surface area contributed by atoms with Gasteiger partial charge in [-0.25, -0.2) is 10.0 Å². The van der Waals surface area contributed by atoms with Crippen molar-refractivity contribution < 1.29 is 9.63 Å². The van der Waals surface area contributed by atoms with Gasteiger partial charge in [-0.05, 0) is 12.8 Å². The third-order valence-electron chi connectivity index (χ3n) is 3.02. The van der Waals surface area contributed by atoms with E-state index in [0.29, 0.717) is 24.9 Å². The van der Waals surface area contributed by atoms with E-state index in [4.69, 9.17) is 4.84 Å². The summed E-state index contributed by atoms with van der Waals surface area (Å²) in [5, 5.41) is 1.97. The Balaban J connectivity index is 1.92. The first-order chi connectivity index (χ1) is 8.77. The van der Waals surface area contributed by atoms with Gasteiger partial charge in [0.25, 0.3) is 11.5 Å². The third kappa shape index (κ3) is 1.93. The van der Waals surface area contributed by atoms with Gasteiger partial charge in [0, 0.05) is 25.0 Å². The average Bonchev–Trinajstić information content (AvgIpc) is 2.89. The van der Waals surface area contributed by atoms with E-state index in [-0.39, 0.29) is 17.0 Å². The van der Waals surface area contributed by atoms with E-state index in [1.807, 2.05) is 0 Å². The molecule has 1 fully saturated rings. The fourth-order valence-corrected chi connectivity index (χ4v) is 2.97. The number of amides is 1. The highest BCUT2D eigenvalue weighted by Gasteiger charge is 2.25. The van der Waals surface area contributed by atoms with Crippen LogP contribution < -0.4 is 5.56 Å². The first-order valence-corrected chi connectivity index (χ1v) is 6.93. The molecule has 3 heterocycles. The molecule has 0 atom stereocenters. The summed E-state index contributed by atoms with van der Waals surface area (Å²) < 4.78 is 1.56. The molecule has 1 amide bonds. The highest BCUT2D eigenvalue weighted by atomic mass is 32.2. The Kier molecular flexibility index (Phi) is 3.09. The van der Waals surface area contributed by atoms with Crippen LogP contribution in [0.15, 0.2) is 16.1 Å². The zero-order chi connectivity index (χ0) is 12.5. The fourth-order valence-electron chi connectivity index (χ4n) is 2.06. The molecule has 18 heavy (non-hydrogen) atoms. The first-order valence-electron chi connectivity index (χ1n) is 5.95. The van der Waals surface area contributed by atoms with Crippen LogP contribution in [0.25, 0.3) is 0 Å². The second kappa shape index (κ2) is 4.74. The molecule has 1 aromatic rings. The summed E-state index contributed by atoms with van der Waals surface area (Å²) in [6.45, 7) is 1.68. The number of nitrogens with zero attached hydrogens (tertiary/aromatic N) is 3. The molecule has 0 saturated carbocycles. The van der Waals surface area contributed by atoms with Gasteiger partial charge in [0.1, 0.15) is 5.56 Å². The van der Waals surface area contributed by atoms with E-state index in [1.54, 1.807) is 4.57 Å². The van der Waals surface area contributed by atoms with Crippen molar-refractivity contribution in [2.45, 2.75) is 24.5 Å². The van der Waals surface area contributed by atoms with Crippen molar-refractivity contribution in [1.82, 2.24) is 14.6 Å². The second-order valence-corrected chi connectivity index (χ2v) is 5.27. The molecule has 7 heteroatoms. The molecule has 0 spiro atoms. The molecule has 1 saturated heterocycles. The maximum Gasteiger partial charge on any atom is 0.284 e. The molecule has 0 unspecified atom stereocenters. The minimum absolute atomic E-state index is 0.100. The second-order valence-electron chi connectivity index (χ2n) is 4.21. The highest BCUT2D eigenvalue weighted by molar-refractivity contribution is 7.99. The van der Waals surface area contributed by atoms with Gasteiger partial charge in [-0.2, -0.15) is 0 Å². The lowest BCUT2D eigenvalue weighted by Gasteiger charge is -2.25. The van der Waals surface area contributed by atoms with Gasteiger partial charge in [-0.1, -0.05) is 11.8 Å². The monoisotopic (exact) mass is 267 g/mol. The molecule has 0 radical (unpaired) electrons. The number of fused-ring (bicyclic) bond motifs is 1. The Morgan fingerprint density at radius 3 is 3.06 bits per heavy atom. The van der Waals surface area contributed by atoms with E-state index in [0.717, 1.165) is 18.6 Å². The molecule has 0 aromatic carbocycles. The van der Waals surface area contributed by atoms with Crippen LogP contribution in [0, 0.1) is 0 Å². The fraction of sp³-hybridized carbons (Fsp3) is 0.545. The predicted molar refractivity (Wildman–Crippen MR) is 65.4 cm³/mol. The van der Waals surface area contributed by atoms with E-state index in [1.165, 1.54) is 23.0 Å². The Bertz CT molecular complexity index is 537. The van der Waals surface area contributed by atoms with Crippen LogP contribution >= 0.6 is 11.8 Å². The van der Waals surface area contributed by atoms with Crippen LogP contribution in [0.4, 0.5) is 0 Å². The van der Waals surface area contributed by atoms with Crippen molar-refractivity contribution >= 4 is 17.7 Å². The minimum Gasteiger partial charge on any atom is -0.286 e. The van der Waals surface area contributed by atoms with Crippen LogP contribution in [0.2, 0.25) is 0 Å². The highest BCUT2D eigenvalue weighted by Crippen LogP contribution is 2.21. The maximum atomic E-state index is 12.2. The molecular formula is C11H13N3O3S. The molecule has 3 rings (SSSR count). The quantitative estimate of drug-likeness (QED) is 0.694. The molecule has 0 bridgehead atoms. The summed E-state index contributed by atoms with van der Waals surface area (Å²) in [5.41, 5.74) is -0.160. The van der Waals surface area contributed by atoms with Crippen LogP contribution in [-0.2, 0) is 11.4 Å². The molecule has 2 aliphatic heterocycles. The SMILES string of the molecule is O=C(c1cnc2n(c1=O)CCS2)N1CCCCO1. The van der Waals surface area contributed by atoms with E-state index in [9.17, 15) is 9.59 Å². The largest absolute Gasteiger partial charge is 0.286 e. The normalized spacial score (nSPS) is 18.8. The van der Waals surface area contributed by atoms with Crippen LogP contribution in [0.3, 0.4) is 0 Å². The molecule has 6 nitrogen and oxygen atoms in total. The summed E-state index contributed by atoms with van der Waals surface area (Å²) in [6.07, 6.45) is 3.22. The third-order valence-corrected chi connectivity index (χ3v) is 3.99. The van der Waals surface area contributed by atoms with Gasteiger partial charge in [-0.15, -0.1) is 0 Å². The molecular weight excluding hydrogens is 254 g/mol. The Morgan fingerprint density at radius 1 is 1.39 bits per heavy atom. The lowest BCUT2D eigenvalue weighted by atomic mass is 10.2. The number of hydroxylamine groups is 2. The molecule has 2 aliphatic rings. The standard InChI is InChI=1S/C11H13N3O3S/c15-9-8(7-12-11-13(9)4-6-18-11)10(16)14-3-1-2-5-17-14/h7H,1-6H2. The first kappa shape index (κ1) is 11.7. The van der Waals surface area contributed by atoms with E-state index in [2.05, 4.69) is 4.98 Å². The molecule has 0 aliphatic carbocycles. The van der Waals surface area contributed by atoms with Crippen molar-refractivity contribution in [3.05, 3.63) is 22.1 Å². The summed E-state index contributed by atoms with van der Waals surface area (Å²) in [7, 11) is 0. The number of carbonyl (C=O) groups excluding carboxylic acids is 1. The number of carbonyl (C=O) groups is 1. The average molecular weight is 267 g/mol. The van der Waals surface area contributed by atoms with E-state index >= 15 is 0 Å². The summed E-state index contributed by atoms with van der Waals surface area (Å²) in [6, 6.07) is 0. The summed E-state index contributed by atoms with van der Waals surface area (Å²) in [4.78, 5) is 33.7. The van der Waals surface area contributed by atoms with Crippen LogP contribution in [-0.4, -0.2) is 39.4 Å². The van der Waals surface area contributed by atoms with Gasteiger partial charge < -0.3 is 0 Å². The maximum absolute atomic E-state index is 12.2. The molecule has 96 valence electrons. The van der Waals surface area contributed by atoms with Gasteiger partial charge in [0.05, 0.1) is 6.61 Å². The minimum atomic E-state index is -0.376. The zero-order valence-electron chi connectivity index (χ0n) is 9.79. The van der Waals surface area contributed by atoms with Gasteiger partial charge >= 0.3 is 0 Å². The van der Waals surface area contributed by atoms with Crippen molar-refractivity contribution in [2.24, 2.45) is 0 Å². The van der Waals surface area contributed by atoms with Gasteiger partial charge in [0.15, 0.2) is 5.16 Å². The Labute approximate surface area is 108 Å². The summed E-state index contributed by atoms with van der Waals surface area (Å²) >= 11 is 1.53. The Morgan fingerprint density at radius 2 is 2.28 bits per heavy atom. The van der Waals surface area contributed by atoms with Crippen molar-refractivity contribution in [2.75, 3.05) is 18.9 Å². The number of hydrogen-bond donors (Lipinski definition) is 0. The molecule has 1 aromatic heterocycles. The van der Waals surface area contributed by atoms with Crippen molar-refractivity contribution in [1.29, 1.82) is 0 Å². The number of hydrogen-bond acceptors (Lipinski definition) is 5. The Hall–Kier alpha value is -1.34. The number of thioether (sulfide) groups is 1. The topological polar surface area (TPSA) is 64.4 Å². The lowest BCUT2D eigenvalue weighted by Crippen LogP contribution is -2.39. The number of aromatic nitrogens is 2. The zero-order valence-corrected chi connectivity index (χ0v) is 10.6. The lowest BCUT2D eigenvalue weighted by molar-refractivity contribution is -0.144. The van der Waals surface area contributed by atoms with E-state index < -0.39 is 0 Å². The van der Waals surface area contributed by atoms with Crippen molar-refractivity contribution in [3.63, 3.8) is 0 Å². The predicted octanol–water partition coefficient (Wildman–Crippen LogP) is 0.517. The van der Waals surface area contributed by atoms with Gasteiger partial charge in [-0.3, -0.25) is 19.0 Å². The smallest absolute Gasteiger partial charge is 0.284 e. The van der Waals surface area contributed by atoms with Crippen LogP contribution in [0.1, 0.15) is 23.2 Å².